The van der Waals surface area contributed by atoms with Crippen LogP contribution in [0, 0.1) is 11.8 Å². The summed E-state index contributed by atoms with van der Waals surface area (Å²) in [4.78, 5) is 38.1. The van der Waals surface area contributed by atoms with Gasteiger partial charge in [0.1, 0.15) is 17.8 Å². The molecular weight excluding hydrogens is 506 g/mol. The molecule has 0 spiro atoms. The van der Waals surface area contributed by atoms with Gasteiger partial charge in [-0.1, -0.05) is 38.2 Å². The fraction of sp³-hybridized carbons (Fsp3) is 0.690. The summed E-state index contributed by atoms with van der Waals surface area (Å²) in [6, 6.07) is -0.185. The Morgan fingerprint density at radius 2 is 2.00 bits per heavy atom. The van der Waals surface area contributed by atoms with Crippen LogP contribution in [0.1, 0.15) is 66.7 Å². The smallest absolute Gasteiger partial charge is 0.410 e. The van der Waals surface area contributed by atoms with E-state index in [1.54, 1.807) is 17.1 Å². The quantitative estimate of drug-likeness (QED) is 0.188. The van der Waals surface area contributed by atoms with E-state index >= 15 is 0 Å². The molecule has 1 fully saturated rings. The maximum atomic E-state index is 12.6. The molecule has 2 aliphatic heterocycles. The molecule has 2 aliphatic rings. The second kappa shape index (κ2) is 15.2. The summed E-state index contributed by atoms with van der Waals surface area (Å²) in [7, 11) is 0. The van der Waals surface area contributed by atoms with E-state index in [1.165, 1.54) is 13.8 Å². The third-order valence-electron chi connectivity index (χ3n) is 7.16. The fourth-order valence-corrected chi connectivity index (χ4v) is 4.73. The number of rotatable bonds is 7. The van der Waals surface area contributed by atoms with Crippen molar-refractivity contribution >= 4 is 18.0 Å². The molecular formula is C29H45NO9. The molecule has 0 unspecified atom stereocenters. The summed E-state index contributed by atoms with van der Waals surface area (Å²) < 4.78 is 16.5. The average Bonchev–Trinajstić information content (AvgIpc) is 3.35. The van der Waals surface area contributed by atoms with E-state index in [-0.39, 0.29) is 50.4 Å². The van der Waals surface area contributed by atoms with Crippen molar-refractivity contribution in [2.24, 2.45) is 11.8 Å². The number of aliphatic hydroxyl groups is 3. The van der Waals surface area contributed by atoms with Gasteiger partial charge in [-0.15, -0.1) is 0 Å². The van der Waals surface area contributed by atoms with E-state index < -0.39 is 41.9 Å². The van der Waals surface area contributed by atoms with Gasteiger partial charge >= 0.3 is 18.0 Å². The van der Waals surface area contributed by atoms with Gasteiger partial charge in [-0.25, -0.2) is 4.79 Å². The van der Waals surface area contributed by atoms with Crippen LogP contribution in [0.4, 0.5) is 4.79 Å². The highest BCUT2D eigenvalue weighted by molar-refractivity contribution is 5.70. The summed E-state index contributed by atoms with van der Waals surface area (Å²) >= 11 is 0. The Morgan fingerprint density at radius 1 is 1.28 bits per heavy atom. The van der Waals surface area contributed by atoms with Crippen molar-refractivity contribution < 1.29 is 43.9 Å². The van der Waals surface area contributed by atoms with Gasteiger partial charge in [-0.05, 0) is 51.2 Å². The van der Waals surface area contributed by atoms with Gasteiger partial charge in [0.15, 0.2) is 0 Å². The first kappa shape index (κ1) is 32.5. The van der Waals surface area contributed by atoms with Crippen LogP contribution in [0.2, 0.25) is 0 Å². The van der Waals surface area contributed by atoms with E-state index in [4.69, 9.17) is 14.2 Å². The van der Waals surface area contributed by atoms with Gasteiger partial charge in [0.05, 0.1) is 31.8 Å². The highest BCUT2D eigenvalue weighted by Gasteiger charge is 2.35. The lowest BCUT2D eigenvalue weighted by Crippen LogP contribution is -2.42. The van der Waals surface area contributed by atoms with Crippen LogP contribution in [0.25, 0.3) is 0 Å². The maximum Gasteiger partial charge on any atom is 0.410 e. The number of nitrogens with zero attached hydrogens (tertiary/aromatic N) is 1. The topological polar surface area (TPSA) is 143 Å². The first-order chi connectivity index (χ1) is 18.3. The van der Waals surface area contributed by atoms with Crippen molar-refractivity contribution in [1.29, 1.82) is 0 Å². The molecule has 7 atom stereocenters. The number of hydrogen-bond donors (Lipinski definition) is 3. The average molecular weight is 552 g/mol. The third kappa shape index (κ3) is 10.4. The highest BCUT2D eigenvalue weighted by atomic mass is 16.6. The SMILES string of the molecule is CC(=O)O[C@H]1/C=C\[C@H](C)[C@@H](/C(C)=C/C=C/[C@@H](C)COC(=O)N2CCC[C@@H]2CO)OC(=O)C[C@@H](O)CC[C@]1(C)O. The van der Waals surface area contributed by atoms with E-state index in [2.05, 4.69) is 0 Å². The van der Waals surface area contributed by atoms with Gasteiger partial charge in [0.25, 0.3) is 0 Å². The minimum atomic E-state index is -1.43. The van der Waals surface area contributed by atoms with Crippen molar-refractivity contribution in [2.45, 2.75) is 96.7 Å². The minimum Gasteiger partial charge on any atom is -0.457 e. The van der Waals surface area contributed by atoms with Crippen LogP contribution in [0.5, 0.6) is 0 Å². The molecule has 0 saturated carbocycles. The first-order valence-electron chi connectivity index (χ1n) is 13.7. The Labute approximate surface area is 231 Å². The van der Waals surface area contributed by atoms with Crippen LogP contribution in [0.3, 0.4) is 0 Å². The molecule has 0 aliphatic carbocycles. The molecule has 2 heterocycles. The number of amides is 1. The number of allylic oxidation sites excluding steroid dienone is 2. The number of ether oxygens (including phenoxy) is 3. The molecule has 10 heteroatoms. The van der Waals surface area contributed by atoms with Crippen LogP contribution >= 0.6 is 0 Å². The van der Waals surface area contributed by atoms with E-state index in [9.17, 15) is 29.7 Å². The van der Waals surface area contributed by atoms with Crippen molar-refractivity contribution in [3.05, 3.63) is 36.0 Å². The largest absolute Gasteiger partial charge is 0.457 e. The standard InChI is InChI=1S/C29H45NO9/c1-19(18-37-28(35)30-15-7-10-23(30)17-31)8-6-9-20(2)27-21(3)11-12-25(38-22(4)32)29(5,36)14-13-24(33)16-26(34)39-27/h6,8-9,11-12,19,21,23-25,27,31,33,36H,7,10,13-18H2,1-5H3/b8-6+,12-11-,20-9+/t19-,21+,23-,24+,25+,27-,29+/m1/s1. The zero-order chi connectivity index (χ0) is 29.2. The molecule has 1 amide bonds. The van der Waals surface area contributed by atoms with Crippen molar-refractivity contribution in [3.63, 3.8) is 0 Å². The number of aliphatic hydroxyl groups excluding tert-OH is 2. The van der Waals surface area contributed by atoms with Crippen molar-refractivity contribution in [1.82, 2.24) is 4.90 Å². The molecule has 3 N–H and O–H groups in total. The summed E-state index contributed by atoms with van der Waals surface area (Å²) in [5.74, 6) is -1.50. The Hall–Kier alpha value is -2.69. The molecule has 1 saturated heterocycles. The molecule has 0 radical (unpaired) electrons. The highest BCUT2D eigenvalue weighted by Crippen LogP contribution is 2.27. The lowest BCUT2D eigenvalue weighted by Gasteiger charge is -2.32. The van der Waals surface area contributed by atoms with Gasteiger partial charge < -0.3 is 34.4 Å². The monoisotopic (exact) mass is 551 g/mol. The number of hydrogen-bond acceptors (Lipinski definition) is 9. The van der Waals surface area contributed by atoms with E-state index in [0.29, 0.717) is 6.54 Å². The predicted octanol–water partition coefficient (Wildman–Crippen LogP) is 3.05. The van der Waals surface area contributed by atoms with Crippen LogP contribution in [-0.4, -0.2) is 88.0 Å². The number of esters is 2. The van der Waals surface area contributed by atoms with Crippen molar-refractivity contribution in [2.75, 3.05) is 19.8 Å². The molecule has 39 heavy (non-hydrogen) atoms. The molecule has 0 aromatic carbocycles. The zero-order valence-electron chi connectivity index (χ0n) is 23.7. The van der Waals surface area contributed by atoms with Gasteiger partial charge in [-0.3, -0.25) is 9.59 Å². The van der Waals surface area contributed by atoms with Crippen LogP contribution in [0.15, 0.2) is 36.0 Å². The molecule has 0 bridgehead atoms. The number of likely N-dealkylation sites (tertiary alicyclic amines) is 1. The van der Waals surface area contributed by atoms with Crippen LogP contribution < -0.4 is 0 Å². The van der Waals surface area contributed by atoms with Gasteiger partial charge in [0.2, 0.25) is 0 Å². The summed E-state index contributed by atoms with van der Waals surface area (Å²) in [5, 5.41) is 30.7. The normalized spacial score (nSPS) is 32.6. The second-order valence-electron chi connectivity index (χ2n) is 11.0. The number of carbonyl (C=O) groups excluding carboxylic acids is 3. The summed E-state index contributed by atoms with van der Waals surface area (Å²) in [6.45, 7) is 9.07. The van der Waals surface area contributed by atoms with Crippen molar-refractivity contribution in [3.8, 4) is 0 Å². The Morgan fingerprint density at radius 3 is 2.67 bits per heavy atom. The van der Waals surface area contributed by atoms with E-state index in [0.717, 1.165) is 18.4 Å². The third-order valence-corrected chi connectivity index (χ3v) is 7.16. The molecule has 10 nitrogen and oxygen atoms in total. The lowest BCUT2D eigenvalue weighted by atomic mass is 9.88. The molecule has 0 aromatic rings. The summed E-state index contributed by atoms with van der Waals surface area (Å²) in [5.41, 5.74) is -0.686. The van der Waals surface area contributed by atoms with E-state index in [1.807, 2.05) is 39.0 Å². The molecule has 0 aromatic heterocycles. The minimum absolute atomic E-state index is 0.0728. The van der Waals surface area contributed by atoms with Gasteiger partial charge in [-0.2, -0.15) is 0 Å². The number of carbonyl (C=O) groups is 3. The fourth-order valence-electron chi connectivity index (χ4n) is 4.73. The second-order valence-corrected chi connectivity index (χ2v) is 11.0. The Bertz CT molecular complexity index is 926. The zero-order valence-corrected chi connectivity index (χ0v) is 23.7. The maximum absolute atomic E-state index is 12.6. The summed E-state index contributed by atoms with van der Waals surface area (Å²) in [6.07, 6.45) is 7.47. The van der Waals surface area contributed by atoms with Crippen LogP contribution in [-0.2, 0) is 23.8 Å². The molecule has 2 rings (SSSR count). The van der Waals surface area contributed by atoms with Gasteiger partial charge in [0, 0.05) is 25.3 Å². The number of cyclic esters (lactones) is 1. The first-order valence-corrected chi connectivity index (χ1v) is 13.7. The lowest BCUT2D eigenvalue weighted by molar-refractivity contribution is -0.157. The Kier molecular flexibility index (Phi) is 12.7. The molecule has 220 valence electrons. The predicted molar refractivity (Wildman–Crippen MR) is 144 cm³/mol. The Balaban J connectivity index is 2.11.